The van der Waals surface area contributed by atoms with E-state index in [1.165, 1.54) is 32.4 Å². The van der Waals surface area contributed by atoms with Crippen molar-refractivity contribution < 1.29 is 0 Å². The zero-order valence-corrected chi connectivity index (χ0v) is 10.1. The fourth-order valence-electron chi connectivity index (χ4n) is 3.12. The van der Waals surface area contributed by atoms with Crippen LogP contribution in [-0.4, -0.2) is 24.0 Å². The summed E-state index contributed by atoms with van der Waals surface area (Å²) in [5.74, 6) is 1.79. The molecule has 3 atom stereocenters. The Morgan fingerprint density at radius 3 is 2.75 bits per heavy atom. The first-order valence-electron chi connectivity index (χ1n) is 6.63. The molecular weight excluding hydrogens is 194 g/mol. The third-order valence-corrected chi connectivity index (χ3v) is 4.31. The van der Waals surface area contributed by atoms with E-state index in [1.54, 1.807) is 5.56 Å². The maximum absolute atomic E-state index is 2.69. The molecule has 0 N–H and O–H groups in total. The molecule has 1 aromatic rings. The SMILES string of the molecule is C[C@H]1CCCN1C[C@@H]1C[C@H]1c1ccccc1. The van der Waals surface area contributed by atoms with Crippen LogP contribution in [0.15, 0.2) is 30.3 Å². The zero-order chi connectivity index (χ0) is 11.0. The lowest BCUT2D eigenvalue weighted by Gasteiger charge is -2.20. The number of rotatable bonds is 3. The van der Waals surface area contributed by atoms with Crippen molar-refractivity contribution in [1.29, 1.82) is 0 Å². The van der Waals surface area contributed by atoms with Gasteiger partial charge in [0, 0.05) is 12.6 Å². The standard InChI is InChI=1S/C15H21N/c1-12-6-5-9-16(12)11-14-10-15(14)13-7-3-2-4-8-13/h2-4,7-8,12,14-15H,5-6,9-11H2,1H3/t12-,14-,15-/m0/s1. The highest BCUT2D eigenvalue weighted by Gasteiger charge is 2.40. The number of hydrogen-bond donors (Lipinski definition) is 0. The van der Waals surface area contributed by atoms with E-state index >= 15 is 0 Å². The Morgan fingerprint density at radius 2 is 2.06 bits per heavy atom. The molecule has 1 nitrogen and oxygen atoms in total. The molecule has 1 aliphatic heterocycles. The molecule has 1 aliphatic carbocycles. The van der Waals surface area contributed by atoms with Gasteiger partial charge in [0.25, 0.3) is 0 Å². The molecule has 2 aliphatic rings. The van der Waals surface area contributed by atoms with Gasteiger partial charge in [-0.2, -0.15) is 0 Å². The molecule has 86 valence electrons. The second-order valence-electron chi connectivity index (χ2n) is 5.50. The van der Waals surface area contributed by atoms with Crippen LogP contribution in [0.2, 0.25) is 0 Å². The van der Waals surface area contributed by atoms with Crippen LogP contribution < -0.4 is 0 Å². The van der Waals surface area contributed by atoms with Crippen LogP contribution in [0, 0.1) is 5.92 Å². The minimum atomic E-state index is 0.831. The average molecular weight is 215 g/mol. The third-order valence-electron chi connectivity index (χ3n) is 4.31. The first-order chi connectivity index (χ1) is 7.84. The smallest absolute Gasteiger partial charge is 0.00675 e. The monoisotopic (exact) mass is 215 g/mol. The van der Waals surface area contributed by atoms with Crippen molar-refractivity contribution in [3.63, 3.8) is 0 Å². The zero-order valence-electron chi connectivity index (χ0n) is 10.1. The fourth-order valence-corrected chi connectivity index (χ4v) is 3.12. The Kier molecular flexibility index (Phi) is 2.72. The number of likely N-dealkylation sites (tertiary alicyclic amines) is 1. The molecule has 1 saturated heterocycles. The summed E-state index contributed by atoms with van der Waals surface area (Å²) in [5.41, 5.74) is 1.55. The Hall–Kier alpha value is -0.820. The van der Waals surface area contributed by atoms with Crippen molar-refractivity contribution in [1.82, 2.24) is 4.90 Å². The van der Waals surface area contributed by atoms with Crippen LogP contribution in [0.3, 0.4) is 0 Å². The maximum Gasteiger partial charge on any atom is 0.00675 e. The van der Waals surface area contributed by atoms with Gasteiger partial charge in [-0.25, -0.2) is 0 Å². The predicted octanol–water partition coefficient (Wildman–Crippen LogP) is 3.27. The first-order valence-corrected chi connectivity index (χ1v) is 6.63. The molecule has 1 heterocycles. The van der Waals surface area contributed by atoms with Gasteiger partial charge >= 0.3 is 0 Å². The van der Waals surface area contributed by atoms with Crippen LogP contribution in [0.4, 0.5) is 0 Å². The molecule has 0 radical (unpaired) electrons. The highest BCUT2D eigenvalue weighted by molar-refractivity contribution is 5.25. The van der Waals surface area contributed by atoms with E-state index in [1.807, 2.05) is 0 Å². The van der Waals surface area contributed by atoms with Crippen molar-refractivity contribution in [2.24, 2.45) is 5.92 Å². The van der Waals surface area contributed by atoms with Crippen LogP contribution in [0.1, 0.15) is 37.7 Å². The summed E-state index contributed by atoms with van der Waals surface area (Å²) < 4.78 is 0. The molecule has 0 aromatic heterocycles. The lowest BCUT2D eigenvalue weighted by atomic mass is 10.1. The first kappa shape index (κ1) is 10.3. The lowest BCUT2D eigenvalue weighted by molar-refractivity contribution is 0.256. The largest absolute Gasteiger partial charge is 0.300 e. The van der Waals surface area contributed by atoms with Gasteiger partial charge < -0.3 is 4.90 Å². The van der Waals surface area contributed by atoms with Gasteiger partial charge in [0.2, 0.25) is 0 Å². The lowest BCUT2D eigenvalue weighted by Crippen LogP contribution is -2.29. The van der Waals surface area contributed by atoms with Gasteiger partial charge in [0.15, 0.2) is 0 Å². The van der Waals surface area contributed by atoms with E-state index in [-0.39, 0.29) is 0 Å². The second-order valence-corrected chi connectivity index (χ2v) is 5.50. The Morgan fingerprint density at radius 1 is 1.25 bits per heavy atom. The topological polar surface area (TPSA) is 3.24 Å². The summed E-state index contributed by atoms with van der Waals surface area (Å²) in [5, 5.41) is 0. The van der Waals surface area contributed by atoms with Crippen molar-refractivity contribution in [3.05, 3.63) is 35.9 Å². The summed E-state index contributed by atoms with van der Waals surface area (Å²) in [6.07, 6.45) is 4.22. The summed E-state index contributed by atoms with van der Waals surface area (Å²) in [6.45, 7) is 5.05. The molecule has 1 saturated carbocycles. The molecule has 0 spiro atoms. The quantitative estimate of drug-likeness (QED) is 0.748. The van der Waals surface area contributed by atoms with Gasteiger partial charge in [-0.15, -0.1) is 0 Å². The van der Waals surface area contributed by atoms with Crippen molar-refractivity contribution >= 4 is 0 Å². The Bertz CT molecular complexity index is 346. The van der Waals surface area contributed by atoms with Crippen molar-refractivity contribution in [2.45, 2.75) is 38.1 Å². The summed E-state index contributed by atoms with van der Waals surface area (Å²) in [6, 6.07) is 11.9. The number of hydrogen-bond acceptors (Lipinski definition) is 1. The fraction of sp³-hybridized carbons (Fsp3) is 0.600. The van der Waals surface area contributed by atoms with Gasteiger partial charge in [0.05, 0.1) is 0 Å². The summed E-state index contributed by atoms with van der Waals surface area (Å²) in [4.78, 5) is 2.69. The molecular formula is C15H21N. The van der Waals surface area contributed by atoms with Gasteiger partial charge in [-0.05, 0) is 50.1 Å². The highest BCUT2D eigenvalue weighted by Crippen LogP contribution is 2.48. The van der Waals surface area contributed by atoms with E-state index in [0.717, 1.165) is 17.9 Å². The van der Waals surface area contributed by atoms with Gasteiger partial charge in [-0.1, -0.05) is 30.3 Å². The normalized spacial score (nSPS) is 34.2. The minimum Gasteiger partial charge on any atom is -0.300 e. The van der Waals surface area contributed by atoms with Gasteiger partial charge in [-0.3, -0.25) is 0 Å². The van der Waals surface area contributed by atoms with E-state index in [2.05, 4.69) is 42.2 Å². The Balaban J connectivity index is 1.56. The van der Waals surface area contributed by atoms with Gasteiger partial charge in [0.1, 0.15) is 0 Å². The highest BCUT2D eigenvalue weighted by atomic mass is 15.2. The van der Waals surface area contributed by atoms with Crippen LogP contribution in [0.5, 0.6) is 0 Å². The van der Waals surface area contributed by atoms with Crippen molar-refractivity contribution in [2.75, 3.05) is 13.1 Å². The summed E-state index contributed by atoms with van der Waals surface area (Å²) >= 11 is 0. The number of benzene rings is 1. The molecule has 16 heavy (non-hydrogen) atoms. The second kappa shape index (κ2) is 4.21. The molecule has 1 aromatic carbocycles. The average Bonchev–Trinajstić information content (AvgIpc) is 2.97. The van der Waals surface area contributed by atoms with E-state index in [4.69, 9.17) is 0 Å². The van der Waals surface area contributed by atoms with E-state index < -0.39 is 0 Å². The minimum absolute atomic E-state index is 0.831. The molecule has 2 fully saturated rings. The van der Waals surface area contributed by atoms with Crippen molar-refractivity contribution in [3.8, 4) is 0 Å². The van der Waals surface area contributed by atoms with Crippen LogP contribution in [0.25, 0.3) is 0 Å². The third kappa shape index (κ3) is 2.01. The molecule has 3 rings (SSSR count). The molecule has 0 bridgehead atoms. The van der Waals surface area contributed by atoms with Crippen LogP contribution in [-0.2, 0) is 0 Å². The molecule has 0 amide bonds. The number of nitrogens with zero attached hydrogens (tertiary/aromatic N) is 1. The Labute approximate surface area is 98.5 Å². The molecule has 1 heteroatoms. The maximum atomic E-state index is 2.69. The molecule has 0 unspecified atom stereocenters. The van der Waals surface area contributed by atoms with Crippen LogP contribution >= 0.6 is 0 Å². The van der Waals surface area contributed by atoms with E-state index in [0.29, 0.717) is 0 Å². The summed E-state index contributed by atoms with van der Waals surface area (Å²) in [7, 11) is 0. The van der Waals surface area contributed by atoms with E-state index in [9.17, 15) is 0 Å². The predicted molar refractivity (Wildman–Crippen MR) is 67.6 cm³/mol.